The number of benzene rings is 1. The summed E-state index contributed by atoms with van der Waals surface area (Å²) in [6.07, 6.45) is 0. The van der Waals surface area contributed by atoms with Gasteiger partial charge in [0.15, 0.2) is 11.5 Å². The van der Waals surface area contributed by atoms with E-state index in [2.05, 4.69) is 27.0 Å². The highest BCUT2D eigenvalue weighted by atomic mass is 35.5. The number of nitrogens with one attached hydrogen (secondary N) is 2. The fourth-order valence-corrected chi connectivity index (χ4v) is 1.94. The molecule has 0 aliphatic carbocycles. The molecule has 0 spiro atoms. The molecule has 130 valence electrons. The molecule has 1 fully saturated rings. The maximum absolute atomic E-state index is 12.3. The molecule has 1 aromatic carbocycles. The van der Waals surface area contributed by atoms with Gasteiger partial charge in [0, 0.05) is 19.0 Å². The average molecular weight is 359 g/mol. The van der Waals surface area contributed by atoms with E-state index >= 15 is 0 Å². The van der Waals surface area contributed by atoms with Crippen LogP contribution in [0.2, 0.25) is 0 Å². The molecule has 2 N–H and O–H groups in total. The molecule has 0 saturated carbocycles. The minimum Gasteiger partial charge on any atom is -0.493 e. The summed E-state index contributed by atoms with van der Waals surface area (Å²) in [6.45, 7) is -2.01. The maximum Gasteiger partial charge on any atom is 0.387 e. The van der Waals surface area contributed by atoms with E-state index in [1.165, 1.54) is 13.2 Å². The summed E-state index contributed by atoms with van der Waals surface area (Å²) in [6, 6.07) is 4.62. The van der Waals surface area contributed by atoms with Crippen LogP contribution in [0.15, 0.2) is 18.2 Å². The van der Waals surface area contributed by atoms with E-state index in [4.69, 9.17) is 4.74 Å². The second-order valence-electron chi connectivity index (χ2n) is 4.32. The van der Waals surface area contributed by atoms with Gasteiger partial charge >= 0.3 is 18.5 Å². The molecule has 5 nitrogen and oxygen atoms in total. The van der Waals surface area contributed by atoms with Gasteiger partial charge in [-0.15, -0.1) is 0 Å². The number of amides is 2. The van der Waals surface area contributed by atoms with E-state index in [9.17, 15) is 22.4 Å². The summed E-state index contributed by atoms with van der Waals surface area (Å²) in [7, 11) is 1.38. The van der Waals surface area contributed by atoms with Crippen molar-refractivity contribution in [3.63, 3.8) is 0 Å². The summed E-state index contributed by atoms with van der Waals surface area (Å²) < 4.78 is 54.2. The van der Waals surface area contributed by atoms with Gasteiger partial charge in [-0.3, -0.25) is 0 Å². The van der Waals surface area contributed by atoms with Crippen LogP contribution in [0.4, 0.5) is 22.4 Å². The molecule has 1 aliphatic heterocycles. The SMILES string of the molecule is COc1ccc(C2CNC(=O)NC2)cc1OC(F)F.FC(F)Cl. The molecule has 0 unspecified atom stereocenters. The van der Waals surface area contributed by atoms with Gasteiger partial charge in [-0.25, -0.2) is 4.79 Å². The van der Waals surface area contributed by atoms with Crippen LogP contribution in [0.5, 0.6) is 11.5 Å². The minimum absolute atomic E-state index is 0.00336. The van der Waals surface area contributed by atoms with Crippen molar-refractivity contribution in [2.24, 2.45) is 0 Å². The van der Waals surface area contributed by atoms with Crippen molar-refractivity contribution < 1.29 is 31.8 Å². The Labute approximate surface area is 134 Å². The molecule has 1 saturated heterocycles. The minimum atomic E-state index is -2.91. The second kappa shape index (κ2) is 9.29. The Morgan fingerprint density at radius 2 is 1.74 bits per heavy atom. The molecule has 1 aliphatic rings. The lowest BCUT2D eigenvalue weighted by atomic mass is 9.97. The van der Waals surface area contributed by atoms with E-state index in [1.54, 1.807) is 12.1 Å². The molecule has 0 atom stereocenters. The zero-order valence-electron chi connectivity index (χ0n) is 12.0. The Morgan fingerprint density at radius 3 is 2.22 bits per heavy atom. The van der Waals surface area contributed by atoms with Gasteiger partial charge in [-0.1, -0.05) is 17.7 Å². The predicted molar refractivity (Wildman–Crippen MR) is 75.6 cm³/mol. The second-order valence-corrected chi connectivity index (χ2v) is 4.65. The van der Waals surface area contributed by atoms with Crippen molar-refractivity contribution in [3.05, 3.63) is 23.8 Å². The number of halogens is 5. The Balaban J connectivity index is 0.000000593. The van der Waals surface area contributed by atoms with Gasteiger partial charge in [0.2, 0.25) is 0 Å². The van der Waals surface area contributed by atoms with Crippen LogP contribution in [-0.2, 0) is 0 Å². The molecule has 0 bridgehead atoms. The third-order valence-corrected chi connectivity index (χ3v) is 2.89. The van der Waals surface area contributed by atoms with Gasteiger partial charge in [-0.05, 0) is 17.7 Å². The standard InChI is InChI=1S/C12H14F2N2O3.CHClF2/c1-18-9-3-2-7(4-10(9)19-11(13)14)8-5-15-12(17)16-6-8;2-1(3)4/h2-4,8,11H,5-6H2,1H3,(H2,15,16,17);1H. The summed E-state index contributed by atoms with van der Waals surface area (Å²) in [5.41, 5.74) is 0.795. The highest BCUT2D eigenvalue weighted by molar-refractivity contribution is 6.18. The Hall–Kier alpha value is -1.90. The lowest BCUT2D eigenvalue weighted by Gasteiger charge is -2.24. The zero-order chi connectivity index (χ0) is 17.4. The van der Waals surface area contributed by atoms with Crippen LogP contribution >= 0.6 is 11.6 Å². The number of ether oxygens (including phenoxy) is 2. The van der Waals surface area contributed by atoms with Crippen LogP contribution < -0.4 is 20.1 Å². The van der Waals surface area contributed by atoms with Crippen LogP contribution in [-0.4, -0.2) is 38.7 Å². The third-order valence-electron chi connectivity index (χ3n) is 2.89. The first-order valence-corrected chi connectivity index (χ1v) is 6.83. The van der Waals surface area contributed by atoms with Crippen molar-refractivity contribution >= 4 is 17.6 Å². The lowest BCUT2D eigenvalue weighted by Crippen LogP contribution is -2.47. The molecule has 0 aromatic heterocycles. The van der Waals surface area contributed by atoms with Crippen LogP contribution in [0.1, 0.15) is 11.5 Å². The van der Waals surface area contributed by atoms with Crippen molar-refractivity contribution in [2.75, 3.05) is 20.2 Å². The molecular weight excluding hydrogens is 344 g/mol. The molecule has 0 radical (unpaired) electrons. The molecule has 1 aromatic rings. The van der Waals surface area contributed by atoms with E-state index < -0.39 is 12.5 Å². The van der Waals surface area contributed by atoms with E-state index in [0.717, 1.165) is 5.56 Å². The number of carbonyl (C=O) groups is 1. The summed E-state index contributed by atoms with van der Waals surface area (Å²) in [5.74, 6) is -2.45. The monoisotopic (exact) mass is 358 g/mol. The zero-order valence-corrected chi connectivity index (χ0v) is 12.7. The first-order valence-electron chi connectivity index (χ1n) is 6.40. The van der Waals surface area contributed by atoms with Crippen molar-refractivity contribution in [3.8, 4) is 11.5 Å². The Morgan fingerprint density at radius 1 is 1.17 bits per heavy atom. The molecule has 2 amide bonds. The lowest BCUT2D eigenvalue weighted by molar-refractivity contribution is -0.0512. The van der Waals surface area contributed by atoms with Gasteiger partial charge < -0.3 is 20.1 Å². The molecule has 1 heterocycles. The molecule has 23 heavy (non-hydrogen) atoms. The van der Waals surface area contributed by atoms with Crippen LogP contribution in [0.3, 0.4) is 0 Å². The van der Waals surface area contributed by atoms with Gasteiger partial charge in [0.25, 0.3) is 0 Å². The number of carbonyl (C=O) groups excluding carboxylic acids is 1. The van der Waals surface area contributed by atoms with E-state index in [0.29, 0.717) is 13.1 Å². The molecule has 10 heteroatoms. The van der Waals surface area contributed by atoms with Gasteiger partial charge in [-0.2, -0.15) is 17.6 Å². The fraction of sp³-hybridized carbons (Fsp3) is 0.462. The van der Waals surface area contributed by atoms with Crippen molar-refractivity contribution in [2.45, 2.75) is 18.4 Å². The predicted octanol–water partition coefficient (Wildman–Crippen LogP) is 3.14. The average Bonchev–Trinajstić information content (AvgIpc) is 2.47. The maximum atomic E-state index is 12.3. The number of hydrogen-bond donors (Lipinski definition) is 2. The number of rotatable bonds is 4. The van der Waals surface area contributed by atoms with Gasteiger partial charge in [0.05, 0.1) is 7.11 Å². The van der Waals surface area contributed by atoms with Crippen molar-refractivity contribution in [1.82, 2.24) is 10.6 Å². The first-order chi connectivity index (χ1) is 10.8. The number of methoxy groups -OCH3 is 1. The number of alkyl halides is 5. The third kappa shape index (κ3) is 6.81. The number of urea groups is 1. The normalized spacial score (nSPS) is 14.7. The number of hydrogen-bond acceptors (Lipinski definition) is 3. The fourth-order valence-electron chi connectivity index (χ4n) is 1.94. The summed E-state index contributed by atoms with van der Waals surface area (Å²) in [4.78, 5) is 11.0. The molecular formula is C13H15ClF4N2O3. The Bertz CT molecular complexity index is 507. The first kappa shape index (κ1) is 19.1. The Kier molecular flexibility index (Phi) is 7.73. The smallest absolute Gasteiger partial charge is 0.387 e. The van der Waals surface area contributed by atoms with Gasteiger partial charge in [0.1, 0.15) is 0 Å². The van der Waals surface area contributed by atoms with E-state index in [-0.39, 0.29) is 23.4 Å². The largest absolute Gasteiger partial charge is 0.493 e. The van der Waals surface area contributed by atoms with Crippen LogP contribution in [0, 0.1) is 0 Å². The topological polar surface area (TPSA) is 59.6 Å². The molecule has 2 rings (SSSR count). The quantitative estimate of drug-likeness (QED) is 0.642. The highest BCUT2D eigenvalue weighted by Crippen LogP contribution is 2.32. The van der Waals surface area contributed by atoms with Crippen molar-refractivity contribution in [1.29, 1.82) is 0 Å². The summed E-state index contributed by atoms with van der Waals surface area (Å²) >= 11 is 3.94. The highest BCUT2D eigenvalue weighted by Gasteiger charge is 2.21. The van der Waals surface area contributed by atoms with E-state index in [1.807, 2.05) is 0 Å². The summed E-state index contributed by atoms with van der Waals surface area (Å²) in [5, 5.41) is 5.30. The van der Waals surface area contributed by atoms with Crippen LogP contribution in [0.25, 0.3) is 0 Å².